The van der Waals surface area contributed by atoms with Gasteiger partial charge < -0.3 is 11.1 Å². The number of nitro groups is 1. The van der Waals surface area contributed by atoms with Gasteiger partial charge in [0, 0.05) is 18.1 Å². The minimum Gasteiger partial charge on any atom is -0.368 e. The van der Waals surface area contributed by atoms with Crippen molar-refractivity contribution in [3.63, 3.8) is 0 Å². The first kappa shape index (κ1) is 17.1. The van der Waals surface area contributed by atoms with E-state index in [2.05, 4.69) is 5.32 Å². The summed E-state index contributed by atoms with van der Waals surface area (Å²) in [6.07, 6.45) is -0.00109. The zero-order chi connectivity index (χ0) is 16.7. The Bertz CT molecular complexity index is 624. The minimum atomic E-state index is -0.944. The lowest BCUT2D eigenvalue weighted by atomic mass is 10.0. The van der Waals surface area contributed by atoms with E-state index < -0.39 is 28.7 Å². The molecule has 0 aliphatic carbocycles. The predicted molar refractivity (Wildman–Crippen MR) is 77.3 cm³/mol. The molecule has 22 heavy (non-hydrogen) atoms. The molecule has 0 bridgehead atoms. The fraction of sp³-hybridized carbons (Fsp3) is 0.357. The summed E-state index contributed by atoms with van der Waals surface area (Å²) in [6, 6.07) is 6.67. The maximum atomic E-state index is 11.9. The van der Waals surface area contributed by atoms with Gasteiger partial charge in [0.05, 0.1) is 17.4 Å². The van der Waals surface area contributed by atoms with E-state index in [1.54, 1.807) is 13.0 Å². The molecule has 0 heterocycles. The second-order valence-electron chi connectivity index (χ2n) is 4.89. The van der Waals surface area contributed by atoms with Crippen LogP contribution in [0.25, 0.3) is 0 Å². The summed E-state index contributed by atoms with van der Waals surface area (Å²) in [5, 5.41) is 21.9. The SMILES string of the molecule is C[C@@H](C#N)C[C@@H](NC(=O)Cc1cccc([N+](=O)[O-])c1)C(N)=O. The molecule has 0 aliphatic rings. The number of rotatable bonds is 7. The van der Waals surface area contributed by atoms with Gasteiger partial charge in [0.25, 0.3) is 5.69 Å². The summed E-state index contributed by atoms with van der Waals surface area (Å²) in [6.45, 7) is 1.61. The summed E-state index contributed by atoms with van der Waals surface area (Å²) in [4.78, 5) is 33.3. The lowest BCUT2D eigenvalue weighted by molar-refractivity contribution is -0.384. The highest BCUT2D eigenvalue weighted by Gasteiger charge is 2.21. The van der Waals surface area contributed by atoms with Crippen LogP contribution in [0.3, 0.4) is 0 Å². The zero-order valence-electron chi connectivity index (χ0n) is 12.0. The number of nitrogens with two attached hydrogens (primary N) is 1. The molecule has 1 aromatic rings. The molecule has 0 spiro atoms. The maximum absolute atomic E-state index is 11.9. The fourth-order valence-electron chi connectivity index (χ4n) is 1.86. The van der Waals surface area contributed by atoms with Crippen LogP contribution in [0.2, 0.25) is 0 Å². The first-order valence-corrected chi connectivity index (χ1v) is 6.55. The van der Waals surface area contributed by atoms with Crippen LogP contribution < -0.4 is 11.1 Å². The van der Waals surface area contributed by atoms with Crippen LogP contribution in [0, 0.1) is 27.4 Å². The van der Waals surface area contributed by atoms with E-state index in [1.165, 1.54) is 18.2 Å². The highest BCUT2D eigenvalue weighted by molar-refractivity contribution is 5.87. The second-order valence-corrected chi connectivity index (χ2v) is 4.89. The Balaban J connectivity index is 2.71. The summed E-state index contributed by atoms with van der Waals surface area (Å²) >= 11 is 0. The van der Waals surface area contributed by atoms with Crippen LogP contribution in [-0.4, -0.2) is 22.8 Å². The number of nitrogens with one attached hydrogen (secondary N) is 1. The van der Waals surface area contributed by atoms with Gasteiger partial charge in [0.15, 0.2) is 0 Å². The zero-order valence-corrected chi connectivity index (χ0v) is 12.0. The van der Waals surface area contributed by atoms with Gasteiger partial charge in [-0.15, -0.1) is 0 Å². The average molecular weight is 304 g/mol. The molecule has 3 N–H and O–H groups in total. The monoisotopic (exact) mass is 304 g/mol. The minimum absolute atomic E-state index is 0.116. The number of nitriles is 1. The van der Waals surface area contributed by atoms with Crippen molar-refractivity contribution in [1.29, 1.82) is 5.26 Å². The second kappa shape index (κ2) is 7.73. The Morgan fingerprint density at radius 1 is 1.50 bits per heavy atom. The third-order valence-corrected chi connectivity index (χ3v) is 2.97. The smallest absolute Gasteiger partial charge is 0.269 e. The van der Waals surface area contributed by atoms with E-state index in [0.717, 1.165) is 0 Å². The third-order valence-electron chi connectivity index (χ3n) is 2.97. The van der Waals surface area contributed by atoms with Gasteiger partial charge in [-0.1, -0.05) is 12.1 Å². The molecule has 0 radical (unpaired) electrons. The quantitative estimate of drug-likeness (QED) is 0.562. The van der Waals surface area contributed by atoms with Crippen LogP contribution in [-0.2, 0) is 16.0 Å². The van der Waals surface area contributed by atoms with Crippen molar-refractivity contribution < 1.29 is 14.5 Å². The number of hydrogen-bond acceptors (Lipinski definition) is 5. The number of carbonyl (C=O) groups excluding carboxylic acids is 2. The summed E-state index contributed by atoms with van der Waals surface area (Å²) in [5.41, 5.74) is 5.52. The lowest BCUT2D eigenvalue weighted by Crippen LogP contribution is -2.45. The van der Waals surface area contributed by atoms with E-state index in [4.69, 9.17) is 11.0 Å². The van der Waals surface area contributed by atoms with Crippen molar-refractivity contribution in [2.45, 2.75) is 25.8 Å². The Morgan fingerprint density at radius 2 is 2.18 bits per heavy atom. The van der Waals surface area contributed by atoms with Crippen molar-refractivity contribution in [1.82, 2.24) is 5.32 Å². The molecule has 8 nitrogen and oxygen atoms in total. The molecule has 0 unspecified atom stereocenters. The van der Waals surface area contributed by atoms with Gasteiger partial charge in [-0.05, 0) is 18.9 Å². The van der Waals surface area contributed by atoms with Crippen LogP contribution in [0.1, 0.15) is 18.9 Å². The molecule has 0 saturated carbocycles. The van der Waals surface area contributed by atoms with E-state index in [0.29, 0.717) is 5.56 Å². The van der Waals surface area contributed by atoms with Crippen LogP contribution in [0.15, 0.2) is 24.3 Å². The molecular formula is C14H16N4O4. The fourth-order valence-corrected chi connectivity index (χ4v) is 1.86. The van der Waals surface area contributed by atoms with E-state index in [1.807, 2.05) is 6.07 Å². The normalized spacial score (nSPS) is 12.7. The number of non-ortho nitro benzene ring substituents is 1. The van der Waals surface area contributed by atoms with Crippen molar-refractivity contribution in [2.75, 3.05) is 0 Å². The first-order chi connectivity index (χ1) is 10.3. The summed E-state index contributed by atoms with van der Waals surface area (Å²) in [7, 11) is 0. The number of hydrogen-bond donors (Lipinski definition) is 2. The van der Waals surface area contributed by atoms with Gasteiger partial charge in [-0.3, -0.25) is 19.7 Å². The number of nitrogens with zero attached hydrogens (tertiary/aromatic N) is 2. The molecule has 116 valence electrons. The van der Waals surface area contributed by atoms with Crippen molar-refractivity contribution in [3.8, 4) is 6.07 Å². The van der Waals surface area contributed by atoms with Gasteiger partial charge in [0.2, 0.25) is 11.8 Å². The van der Waals surface area contributed by atoms with Crippen molar-refractivity contribution in [3.05, 3.63) is 39.9 Å². The van der Waals surface area contributed by atoms with E-state index in [-0.39, 0.29) is 18.5 Å². The predicted octanol–water partition coefficient (Wildman–Crippen LogP) is 0.657. The third kappa shape index (κ3) is 5.20. The number of carbonyl (C=O) groups is 2. The van der Waals surface area contributed by atoms with Crippen LogP contribution in [0.5, 0.6) is 0 Å². The molecule has 2 amide bonds. The lowest BCUT2D eigenvalue weighted by Gasteiger charge is -2.16. The number of nitro benzene ring substituents is 1. The van der Waals surface area contributed by atoms with E-state index >= 15 is 0 Å². The van der Waals surface area contributed by atoms with E-state index in [9.17, 15) is 19.7 Å². The molecule has 0 fully saturated rings. The van der Waals surface area contributed by atoms with Crippen LogP contribution >= 0.6 is 0 Å². The molecule has 1 rings (SSSR count). The van der Waals surface area contributed by atoms with Crippen molar-refractivity contribution in [2.24, 2.45) is 11.7 Å². The summed E-state index contributed by atoms with van der Waals surface area (Å²) in [5.74, 6) is -1.65. The number of primary amides is 1. The van der Waals surface area contributed by atoms with Crippen molar-refractivity contribution >= 4 is 17.5 Å². The molecule has 1 aromatic carbocycles. The van der Waals surface area contributed by atoms with Gasteiger partial charge in [-0.25, -0.2) is 0 Å². The Morgan fingerprint density at radius 3 is 2.73 bits per heavy atom. The average Bonchev–Trinajstić information content (AvgIpc) is 2.46. The Labute approximate surface area is 127 Å². The topological polar surface area (TPSA) is 139 Å². The van der Waals surface area contributed by atoms with Gasteiger partial charge in [-0.2, -0.15) is 5.26 Å². The molecular weight excluding hydrogens is 288 g/mol. The van der Waals surface area contributed by atoms with Crippen LogP contribution in [0.4, 0.5) is 5.69 Å². The standard InChI is InChI=1S/C14H16N4O4/c1-9(8-15)5-12(14(16)20)17-13(19)7-10-3-2-4-11(6-10)18(21)22/h2-4,6,9,12H,5,7H2,1H3,(H2,16,20)(H,17,19)/t9-,12-/m1/s1. The molecule has 2 atom stereocenters. The highest BCUT2D eigenvalue weighted by atomic mass is 16.6. The molecule has 0 aromatic heterocycles. The summed E-state index contributed by atoms with van der Waals surface area (Å²) < 4.78 is 0. The largest absolute Gasteiger partial charge is 0.368 e. The number of benzene rings is 1. The Kier molecular flexibility index (Phi) is 6.01. The maximum Gasteiger partial charge on any atom is 0.269 e. The molecule has 8 heteroatoms. The number of amides is 2. The first-order valence-electron chi connectivity index (χ1n) is 6.55. The Hall–Kier alpha value is -2.95. The molecule has 0 saturated heterocycles. The van der Waals surface area contributed by atoms with Gasteiger partial charge >= 0.3 is 0 Å². The highest BCUT2D eigenvalue weighted by Crippen LogP contribution is 2.13. The molecule has 0 aliphatic heterocycles. The van der Waals surface area contributed by atoms with Gasteiger partial charge in [0.1, 0.15) is 6.04 Å².